The molecule has 0 aliphatic heterocycles. The maximum atomic E-state index is 6.37. The molecule has 0 N–H and O–H groups in total. The topological polar surface area (TPSA) is 43.9 Å². The van der Waals surface area contributed by atoms with Gasteiger partial charge in [0.05, 0.1) is 11.0 Å². The third kappa shape index (κ3) is 2.99. The highest BCUT2D eigenvalue weighted by Crippen LogP contribution is 2.51. The standard InChI is InChI=1S/C37H25N3O/c1-37(2)28-17-9-6-14-23(28)26-21-31-27(20-29(26)37)24-15-7-10-18-30(24)40(31)36-38-33(22-12-4-3-5-13-22)35-34(39-36)25-16-8-11-19-32(25)41-35/h3-21H,1-2H3. The number of hydrogen-bond acceptors (Lipinski definition) is 3. The summed E-state index contributed by atoms with van der Waals surface area (Å²) in [5, 5.41) is 3.39. The van der Waals surface area contributed by atoms with Crippen LogP contribution in [0.3, 0.4) is 0 Å². The Bertz CT molecular complexity index is 2340. The van der Waals surface area contributed by atoms with Gasteiger partial charge in [0, 0.05) is 27.1 Å². The molecule has 4 nitrogen and oxygen atoms in total. The van der Waals surface area contributed by atoms with Crippen LogP contribution in [0.25, 0.3) is 72.2 Å². The molecule has 8 aromatic rings. The van der Waals surface area contributed by atoms with Crippen molar-refractivity contribution < 1.29 is 4.42 Å². The van der Waals surface area contributed by atoms with Crippen LogP contribution in [0.1, 0.15) is 25.0 Å². The van der Waals surface area contributed by atoms with E-state index in [1.165, 1.54) is 33.0 Å². The van der Waals surface area contributed by atoms with Crippen molar-refractivity contribution in [3.63, 3.8) is 0 Å². The van der Waals surface area contributed by atoms with E-state index in [2.05, 4.69) is 97.3 Å². The van der Waals surface area contributed by atoms with E-state index >= 15 is 0 Å². The van der Waals surface area contributed by atoms with E-state index in [4.69, 9.17) is 14.4 Å². The average Bonchev–Trinajstić information content (AvgIpc) is 3.62. The Morgan fingerprint density at radius 3 is 2.22 bits per heavy atom. The molecule has 1 aliphatic rings. The minimum Gasteiger partial charge on any atom is -0.452 e. The molecule has 3 aromatic heterocycles. The molecule has 1 aliphatic carbocycles. The second-order valence-electron chi connectivity index (χ2n) is 11.5. The summed E-state index contributed by atoms with van der Waals surface area (Å²) in [6.45, 7) is 4.66. The van der Waals surface area contributed by atoms with Gasteiger partial charge in [0.1, 0.15) is 16.8 Å². The largest absolute Gasteiger partial charge is 0.452 e. The molecule has 194 valence electrons. The monoisotopic (exact) mass is 527 g/mol. The number of hydrogen-bond donors (Lipinski definition) is 0. The Kier molecular flexibility index (Phi) is 4.36. The van der Waals surface area contributed by atoms with Crippen molar-refractivity contribution in [2.24, 2.45) is 0 Å². The van der Waals surface area contributed by atoms with Gasteiger partial charge in [-0.05, 0) is 52.6 Å². The van der Waals surface area contributed by atoms with Gasteiger partial charge in [-0.1, -0.05) is 98.8 Å². The molecule has 0 spiro atoms. The maximum absolute atomic E-state index is 6.37. The summed E-state index contributed by atoms with van der Waals surface area (Å²) in [6, 6.07) is 40.5. The molecular weight excluding hydrogens is 502 g/mol. The third-order valence-corrected chi connectivity index (χ3v) is 8.83. The number of benzene rings is 5. The summed E-state index contributed by atoms with van der Waals surface area (Å²) >= 11 is 0. The van der Waals surface area contributed by atoms with Crippen molar-refractivity contribution in [1.82, 2.24) is 14.5 Å². The van der Waals surface area contributed by atoms with E-state index in [9.17, 15) is 0 Å². The van der Waals surface area contributed by atoms with Crippen LogP contribution in [0.4, 0.5) is 0 Å². The van der Waals surface area contributed by atoms with Crippen molar-refractivity contribution in [2.75, 3.05) is 0 Å². The zero-order chi connectivity index (χ0) is 27.3. The van der Waals surface area contributed by atoms with Gasteiger partial charge in [-0.3, -0.25) is 4.57 Å². The van der Waals surface area contributed by atoms with Crippen LogP contribution in [-0.4, -0.2) is 14.5 Å². The van der Waals surface area contributed by atoms with Crippen LogP contribution < -0.4 is 0 Å². The maximum Gasteiger partial charge on any atom is 0.236 e. The lowest BCUT2D eigenvalue weighted by Crippen LogP contribution is -2.14. The Morgan fingerprint density at radius 1 is 0.610 bits per heavy atom. The van der Waals surface area contributed by atoms with E-state index in [-0.39, 0.29) is 5.41 Å². The molecule has 0 amide bonds. The third-order valence-electron chi connectivity index (χ3n) is 8.83. The number of nitrogens with zero attached hydrogens (tertiary/aromatic N) is 3. The highest BCUT2D eigenvalue weighted by Gasteiger charge is 2.36. The van der Waals surface area contributed by atoms with Gasteiger partial charge in [-0.25, -0.2) is 9.97 Å². The van der Waals surface area contributed by atoms with Crippen molar-refractivity contribution >= 4 is 43.9 Å². The summed E-state index contributed by atoms with van der Waals surface area (Å²) < 4.78 is 8.60. The fourth-order valence-corrected chi connectivity index (χ4v) is 6.85. The first-order valence-corrected chi connectivity index (χ1v) is 14.0. The average molecular weight is 528 g/mol. The number of para-hydroxylation sites is 2. The molecule has 41 heavy (non-hydrogen) atoms. The molecule has 3 heterocycles. The van der Waals surface area contributed by atoms with Crippen LogP contribution in [0.2, 0.25) is 0 Å². The molecule has 0 atom stereocenters. The molecule has 0 bridgehead atoms. The number of rotatable bonds is 2. The van der Waals surface area contributed by atoms with E-state index in [0.717, 1.165) is 38.8 Å². The van der Waals surface area contributed by atoms with Crippen molar-refractivity contribution in [3.05, 3.63) is 126 Å². The molecule has 0 saturated carbocycles. The van der Waals surface area contributed by atoms with E-state index in [0.29, 0.717) is 11.5 Å². The zero-order valence-electron chi connectivity index (χ0n) is 22.7. The van der Waals surface area contributed by atoms with Gasteiger partial charge in [-0.15, -0.1) is 0 Å². The van der Waals surface area contributed by atoms with Crippen LogP contribution in [-0.2, 0) is 5.41 Å². The van der Waals surface area contributed by atoms with Gasteiger partial charge < -0.3 is 4.42 Å². The minimum absolute atomic E-state index is 0.0745. The van der Waals surface area contributed by atoms with Crippen LogP contribution in [0.15, 0.2) is 120 Å². The fourth-order valence-electron chi connectivity index (χ4n) is 6.85. The number of fused-ring (bicyclic) bond motifs is 9. The first-order valence-electron chi connectivity index (χ1n) is 14.0. The van der Waals surface area contributed by atoms with Crippen molar-refractivity contribution in [3.8, 4) is 28.3 Å². The molecule has 9 rings (SSSR count). The molecular formula is C37H25N3O. The summed E-state index contributed by atoms with van der Waals surface area (Å²) in [5.41, 5.74) is 11.5. The highest BCUT2D eigenvalue weighted by atomic mass is 16.3. The summed E-state index contributed by atoms with van der Waals surface area (Å²) in [6.07, 6.45) is 0. The van der Waals surface area contributed by atoms with E-state index in [1.54, 1.807) is 0 Å². The molecule has 0 saturated heterocycles. The Morgan fingerprint density at radius 2 is 1.34 bits per heavy atom. The van der Waals surface area contributed by atoms with Crippen molar-refractivity contribution in [1.29, 1.82) is 0 Å². The quantitative estimate of drug-likeness (QED) is 0.225. The molecule has 5 aromatic carbocycles. The van der Waals surface area contributed by atoms with E-state index < -0.39 is 0 Å². The van der Waals surface area contributed by atoms with Gasteiger partial charge in [0.25, 0.3) is 0 Å². The highest BCUT2D eigenvalue weighted by molar-refractivity contribution is 6.12. The lowest BCUT2D eigenvalue weighted by atomic mass is 9.82. The van der Waals surface area contributed by atoms with Gasteiger partial charge in [0.2, 0.25) is 5.95 Å². The lowest BCUT2D eigenvalue weighted by Gasteiger charge is -2.21. The Balaban J connectivity index is 1.43. The van der Waals surface area contributed by atoms with Crippen LogP contribution in [0, 0.1) is 0 Å². The van der Waals surface area contributed by atoms with Crippen LogP contribution >= 0.6 is 0 Å². The first kappa shape index (κ1) is 22.6. The molecule has 0 radical (unpaired) electrons. The number of furan rings is 1. The Hall–Kier alpha value is -5.22. The first-order chi connectivity index (χ1) is 20.1. The molecule has 0 fully saturated rings. The van der Waals surface area contributed by atoms with Crippen LogP contribution in [0.5, 0.6) is 0 Å². The summed E-state index contributed by atoms with van der Waals surface area (Å²) in [7, 11) is 0. The zero-order valence-corrected chi connectivity index (χ0v) is 22.7. The predicted octanol–water partition coefficient (Wildman–Crippen LogP) is 9.45. The SMILES string of the molecule is CC1(C)c2ccccc2-c2cc3c(cc21)c1ccccc1n3-c1nc(-c2ccccc2)c2oc3ccccc3c2n1. The Labute approximate surface area is 236 Å². The fraction of sp³-hybridized carbons (Fsp3) is 0.0811. The van der Waals surface area contributed by atoms with Gasteiger partial charge in [0.15, 0.2) is 5.58 Å². The number of aromatic nitrogens is 3. The second kappa shape index (κ2) is 7.92. The summed E-state index contributed by atoms with van der Waals surface area (Å²) in [5.74, 6) is 0.639. The smallest absolute Gasteiger partial charge is 0.236 e. The lowest BCUT2D eigenvalue weighted by molar-refractivity contribution is 0.661. The normalized spacial score (nSPS) is 13.8. The summed E-state index contributed by atoms with van der Waals surface area (Å²) in [4.78, 5) is 10.5. The van der Waals surface area contributed by atoms with Gasteiger partial charge in [-0.2, -0.15) is 0 Å². The molecule has 4 heteroatoms. The molecule has 0 unspecified atom stereocenters. The second-order valence-corrected chi connectivity index (χ2v) is 11.5. The predicted molar refractivity (Wildman–Crippen MR) is 167 cm³/mol. The van der Waals surface area contributed by atoms with E-state index in [1.807, 2.05) is 36.4 Å². The minimum atomic E-state index is -0.0745. The van der Waals surface area contributed by atoms with Gasteiger partial charge >= 0.3 is 0 Å². The van der Waals surface area contributed by atoms with Crippen molar-refractivity contribution in [2.45, 2.75) is 19.3 Å².